The molecular weight excluding hydrogens is 194 g/mol. The predicted octanol–water partition coefficient (Wildman–Crippen LogP) is 3.69. The van der Waals surface area contributed by atoms with Gasteiger partial charge in [-0.15, -0.1) is 12.4 Å². The van der Waals surface area contributed by atoms with Crippen LogP contribution in [0.2, 0.25) is 0 Å². The molecule has 0 atom stereocenters. The van der Waals surface area contributed by atoms with E-state index in [-0.39, 0.29) is 12.4 Å². The Morgan fingerprint density at radius 1 is 0.929 bits per heavy atom. The van der Waals surface area contributed by atoms with Crippen molar-refractivity contribution in [2.75, 3.05) is 0 Å². The molecule has 2 aliphatic rings. The summed E-state index contributed by atoms with van der Waals surface area (Å²) < 4.78 is 0. The Labute approximate surface area is 88.5 Å². The highest BCUT2D eigenvalue weighted by Gasteiger charge is 2.07. The summed E-state index contributed by atoms with van der Waals surface area (Å²) in [6, 6.07) is 14.8. The van der Waals surface area contributed by atoms with Crippen LogP contribution < -0.4 is 0 Å². The first kappa shape index (κ1) is 9.10. The second-order valence-electron chi connectivity index (χ2n) is 3.23. The number of aromatic nitrogens is 1. The number of pyridine rings is 1. The number of hydrogen-bond donors (Lipinski definition) is 1. The summed E-state index contributed by atoms with van der Waals surface area (Å²) in [4.78, 5) is 3.27. The number of nitrogens with one attached hydrogen (secondary N) is 1. The first-order chi connectivity index (χ1) is 6.45. The Morgan fingerprint density at radius 2 is 1.79 bits per heavy atom. The number of aromatic amines is 1. The summed E-state index contributed by atoms with van der Waals surface area (Å²) in [6.07, 6.45) is 1.97. The van der Waals surface area contributed by atoms with Crippen LogP contribution in [0.5, 0.6) is 0 Å². The molecule has 0 bridgehead atoms. The lowest BCUT2D eigenvalue weighted by Gasteiger charge is -1.97. The van der Waals surface area contributed by atoms with Gasteiger partial charge < -0.3 is 4.98 Å². The first-order valence-electron chi connectivity index (χ1n) is 4.40. The molecule has 1 aromatic rings. The van der Waals surface area contributed by atoms with Gasteiger partial charge in [0.1, 0.15) is 0 Å². The van der Waals surface area contributed by atoms with E-state index in [4.69, 9.17) is 0 Å². The van der Waals surface area contributed by atoms with Gasteiger partial charge >= 0.3 is 0 Å². The number of halogens is 1. The topological polar surface area (TPSA) is 15.8 Å². The smallest absolute Gasteiger partial charge is 0.0533 e. The normalized spacial score (nSPS) is 10.3. The highest BCUT2D eigenvalue weighted by Crippen LogP contribution is 2.31. The van der Waals surface area contributed by atoms with E-state index >= 15 is 0 Å². The van der Waals surface area contributed by atoms with Crippen LogP contribution in [-0.4, -0.2) is 4.98 Å². The predicted molar refractivity (Wildman–Crippen MR) is 62.2 cm³/mol. The molecular formula is C12H10ClN. The molecule has 0 saturated carbocycles. The molecule has 0 spiro atoms. The molecule has 0 saturated heterocycles. The lowest BCUT2D eigenvalue weighted by Crippen LogP contribution is -1.77. The molecule has 1 aliphatic heterocycles. The van der Waals surface area contributed by atoms with E-state index in [1.54, 1.807) is 0 Å². The van der Waals surface area contributed by atoms with Gasteiger partial charge in [-0.3, -0.25) is 0 Å². The van der Waals surface area contributed by atoms with E-state index < -0.39 is 0 Å². The SMILES string of the molecule is Cl.c1c[nH]c2c3ccccc3cc-2c1. The zero-order valence-electron chi connectivity index (χ0n) is 7.53. The molecule has 1 aliphatic carbocycles. The summed E-state index contributed by atoms with van der Waals surface area (Å²) in [5.41, 5.74) is 2.52. The van der Waals surface area contributed by atoms with E-state index in [1.165, 1.54) is 22.0 Å². The van der Waals surface area contributed by atoms with Gasteiger partial charge in [-0.2, -0.15) is 0 Å². The van der Waals surface area contributed by atoms with Crippen molar-refractivity contribution in [2.24, 2.45) is 0 Å². The maximum absolute atomic E-state index is 3.27. The van der Waals surface area contributed by atoms with Gasteiger partial charge in [-0.05, 0) is 23.1 Å². The van der Waals surface area contributed by atoms with Crippen molar-refractivity contribution in [1.82, 2.24) is 4.98 Å². The van der Waals surface area contributed by atoms with Crippen LogP contribution >= 0.6 is 12.4 Å². The van der Waals surface area contributed by atoms with Crippen LogP contribution in [0.3, 0.4) is 0 Å². The van der Waals surface area contributed by atoms with Gasteiger partial charge in [-0.1, -0.05) is 30.3 Å². The van der Waals surface area contributed by atoms with Crippen LogP contribution in [0.25, 0.3) is 22.0 Å². The minimum Gasteiger partial charge on any atom is -0.361 e. The lowest BCUT2D eigenvalue weighted by molar-refractivity contribution is 1.35. The van der Waals surface area contributed by atoms with Gasteiger partial charge in [0.2, 0.25) is 0 Å². The van der Waals surface area contributed by atoms with Crippen molar-refractivity contribution in [3.05, 3.63) is 48.7 Å². The molecule has 1 nitrogen and oxygen atoms in total. The fourth-order valence-electron chi connectivity index (χ4n) is 1.82. The fraction of sp³-hybridized carbons (Fsp3) is 0. The van der Waals surface area contributed by atoms with E-state index in [0.717, 1.165) is 0 Å². The zero-order chi connectivity index (χ0) is 8.67. The van der Waals surface area contributed by atoms with Gasteiger partial charge in [0.25, 0.3) is 0 Å². The molecule has 0 radical (unpaired) electrons. The number of fused-ring (bicyclic) bond motifs is 3. The van der Waals surface area contributed by atoms with Crippen LogP contribution in [0.1, 0.15) is 0 Å². The molecule has 1 heterocycles. The van der Waals surface area contributed by atoms with Crippen molar-refractivity contribution >= 4 is 23.2 Å². The summed E-state index contributed by atoms with van der Waals surface area (Å²) in [7, 11) is 0. The number of hydrogen-bond acceptors (Lipinski definition) is 0. The zero-order valence-corrected chi connectivity index (χ0v) is 8.34. The number of rotatable bonds is 0. The van der Waals surface area contributed by atoms with Crippen molar-refractivity contribution in [3.63, 3.8) is 0 Å². The van der Waals surface area contributed by atoms with E-state index in [9.17, 15) is 0 Å². The first-order valence-corrected chi connectivity index (χ1v) is 4.40. The van der Waals surface area contributed by atoms with Gasteiger partial charge in [0, 0.05) is 11.6 Å². The minimum absolute atomic E-state index is 0. The molecule has 3 rings (SSSR count). The van der Waals surface area contributed by atoms with Crippen LogP contribution in [0.4, 0.5) is 0 Å². The summed E-state index contributed by atoms with van der Waals surface area (Å²) in [6.45, 7) is 0. The van der Waals surface area contributed by atoms with Crippen molar-refractivity contribution in [3.8, 4) is 11.3 Å². The van der Waals surface area contributed by atoms with Crippen molar-refractivity contribution in [2.45, 2.75) is 0 Å². The quantitative estimate of drug-likeness (QED) is 0.574. The largest absolute Gasteiger partial charge is 0.361 e. The third-order valence-corrected chi connectivity index (χ3v) is 2.43. The fourth-order valence-corrected chi connectivity index (χ4v) is 1.82. The minimum atomic E-state index is 0. The number of H-pyrrole nitrogens is 1. The Balaban J connectivity index is 0.000000750. The number of benzene rings is 1. The Kier molecular flexibility index (Phi) is 2.18. The molecule has 0 amide bonds. The second kappa shape index (κ2) is 3.35. The molecule has 1 N–H and O–H groups in total. The standard InChI is InChI=1S/C12H9N.ClH/c1-2-6-11-9(4-1)8-10-5-3-7-13-12(10)11;/h1-8,13H;1H. The monoisotopic (exact) mass is 203 g/mol. The Hall–Kier alpha value is -1.47. The van der Waals surface area contributed by atoms with E-state index in [0.29, 0.717) is 0 Å². The Bertz CT molecular complexity index is 527. The van der Waals surface area contributed by atoms with Gasteiger partial charge in [0.15, 0.2) is 0 Å². The molecule has 1 aromatic carbocycles. The highest BCUT2D eigenvalue weighted by atomic mass is 35.5. The van der Waals surface area contributed by atoms with Gasteiger partial charge in [0.05, 0.1) is 5.69 Å². The molecule has 0 aromatic heterocycles. The van der Waals surface area contributed by atoms with E-state index in [1.807, 2.05) is 12.3 Å². The maximum Gasteiger partial charge on any atom is 0.0533 e. The highest BCUT2D eigenvalue weighted by molar-refractivity contribution is 6.00. The van der Waals surface area contributed by atoms with Crippen LogP contribution in [-0.2, 0) is 0 Å². The summed E-state index contributed by atoms with van der Waals surface area (Å²) in [5.74, 6) is 0. The molecule has 14 heavy (non-hydrogen) atoms. The van der Waals surface area contributed by atoms with E-state index in [2.05, 4.69) is 41.4 Å². The third kappa shape index (κ3) is 1.17. The Morgan fingerprint density at radius 3 is 2.71 bits per heavy atom. The van der Waals surface area contributed by atoms with Crippen molar-refractivity contribution in [1.29, 1.82) is 0 Å². The van der Waals surface area contributed by atoms with Crippen molar-refractivity contribution < 1.29 is 0 Å². The van der Waals surface area contributed by atoms with Gasteiger partial charge in [-0.25, -0.2) is 0 Å². The maximum atomic E-state index is 3.27. The molecule has 0 fully saturated rings. The third-order valence-electron chi connectivity index (χ3n) is 2.43. The van der Waals surface area contributed by atoms with Crippen LogP contribution in [0, 0.1) is 0 Å². The summed E-state index contributed by atoms with van der Waals surface area (Å²) in [5, 5.41) is 2.61. The lowest BCUT2D eigenvalue weighted by atomic mass is 10.2. The average Bonchev–Trinajstić information content (AvgIpc) is 2.56. The molecule has 0 unspecified atom stereocenters. The molecule has 70 valence electrons. The molecule has 2 heteroatoms. The average molecular weight is 204 g/mol. The summed E-state index contributed by atoms with van der Waals surface area (Å²) >= 11 is 0. The second-order valence-corrected chi connectivity index (χ2v) is 3.23. The van der Waals surface area contributed by atoms with Crippen LogP contribution in [0.15, 0.2) is 48.7 Å².